The van der Waals surface area contributed by atoms with Crippen LogP contribution in [-0.2, 0) is 9.53 Å². The van der Waals surface area contributed by atoms with E-state index in [9.17, 15) is 19.7 Å². The van der Waals surface area contributed by atoms with Gasteiger partial charge in [-0.1, -0.05) is 12.2 Å². The summed E-state index contributed by atoms with van der Waals surface area (Å²) in [5.41, 5.74) is -0.00646. The number of hydrogen-bond donors (Lipinski definition) is 1. The normalized spacial score (nSPS) is 10.4. The highest BCUT2D eigenvalue weighted by Gasteiger charge is 2.16. The summed E-state index contributed by atoms with van der Waals surface area (Å²) in [5.74, 6) is -1.71. The molecule has 0 saturated heterocycles. The first-order valence-electron chi connectivity index (χ1n) is 5.20. The van der Waals surface area contributed by atoms with Gasteiger partial charge < -0.3 is 9.84 Å². The summed E-state index contributed by atoms with van der Waals surface area (Å²) in [5, 5.41) is 19.4. The van der Waals surface area contributed by atoms with Crippen LogP contribution >= 0.6 is 0 Å². The summed E-state index contributed by atoms with van der Waals surface area (Å²) >= 11 is 0. The predicted octanol–water partition coefficient (Wildman–Crippen LogP) is 1.87. The van der Waals surface area contributed by atoms with Gasteiger partial charge in [-0.25, -0.2) is 4.79 Å². The van der Waals surface area contributed by atoms with Crippen LogP contribution in [0.25, 0.3) is 6.08 Å². The molecule has 1 aromatic rings. The molecule has 1 aromatic carbocycles. The van der Waals surface area contributed by atoms with Crippen molar-refractivity contribution >= 4 is 23.7 Å². The topological polar surface area (TPSA) is 107 Å². The molecular formula is C12H11NO6. The lowest BCUT2D eigenvalue weighted by atomic mass is 10.1. The molecule has 0 atom stereocenters. The number of rotatable bonds is 5. The molecule has 0 heterocycles. The van der Waals surface area contributed by atoms with E-state index in [1.165, 1.54) is 31.4 Å². The van der Waals surface area contributed by atoms with Crippen molar-refractivity contribution in [1.29, 1.82) is 0 Å². The summed E-state index contributed by atoms with van der Waals surface area (Å²) in [6, 6.07) is 3.83. The number of methoxy groups -OCH3 is 1. The zero-order valence-electron chi connectivity index (χ0n) is 10.0. The Bertz CT molecular complexity index is 549. The zero-order chi connectivity index (χ0) is 14.4. The summed E-state index contributed by atoms with van der Waals surface area (Å²) in [7, 11) is 1.18. The lowest BCUT2D eigenvalue weighted by Gasteiger charge is -2.01. The van der Waals surface area contributed by atoms with Gasteiger partial charge in [0, 0.05) is 6.07 Å². The maximum atomic E-state index is 11.3. The molecule has 0 radical (unpaired) electrons. The molecule has 100 valence electrons. The Morgan fingerprint density at radius 2 is 2.16 bits per heavy atom. The van der Waals surface area contributed by atoms with E-state index in [4.69, 9.17) is 5.11 Å². The van der Waals surface area contributed by atoms with Crippen molar-refractivity contribution in [2.24, 2.45) is 0 Å². The molecule has 0 saturated carbocycles. The van der Waals surface area contributed by atoms with E-state index in [1.807, 2.05) is 0 Å². The van der Waals surface area contributed by atoms with Gasteiger partial charge in [0.05, 0.1) is 29.6 Å². The molecule has 1 rings (SSSR count). The van der Waals surface area contributed by atoms with Crippen LogP contribution in [0.5, 0.6) is 0 Å². The molecule has 0 unspecified atom stereocenters. The van der Waals surface area contributed by atoms with Gasteiger partial charge in [0.1, 0.15) is 0 Å². The SMILES string of the molecule is COC(=O)c1ccc(C=CCC(=O)O)c([N+](=O)[O-])c1. The molecule has 19 heavy (non-hydrogen) atoms. The third-order valence-electron chi connectivity index (χ3n) is 2.24. The second-order valence-corrected chi connectivity index (χ2v) is 3.52. The number of carboxylic acid groups (broad SMARTS) is 1. The van der Waals surface area contributed by atoms with Gasteiger partial charge in [0.2, 0.25) is 0 Å². The summed E-state index contributed by atoms with van der Waals surface area (Å²) in [6.45, 7) is 0. The van der Waals surface area contributed by atoms with E-state index in [1.54, 1.807) is 0 Å². The van der Waals surface area contributed by atoms with Crippen LogP contribution in [0.2, 0.25) is 0 Å². The highest BCUT2D eigenvalue weighted by atomic mass is 16.6. The molecule has 0 aromatic heterocycles. The van der Waals surface area contributed by atoms with Gasteiger partial charge >= 0.3 is 11.9 Å². The van der Waals surface area contributed by atoms with Crippen LogP contribution in [0, 0.1) is 10.1 Å². The molecule has 0 bridgehead atoms. The van der Waals surface area contributed by atoms with E-state index >= 15 is 0 Å². The molecule has 7 heteroatoms. The first-order chi connectivity index (χ1) is 8.95. The quantitative estimate of drug-likeness (QED) is 0.494. The van der Waals surface area contributed by atoms with Gasteiger partial charge in [0.25, 0.3) is 5.69 Å². The molecule has 0 fully saturated rings. The number of carbonyl (C=O) groups is 2. The van der Waals surface area contributed by atoms with Crippen molar-refractivity contribution in [3.63, 3.8) is 0 Å². The lowest BCUT2D eigenvalue weighted by Crippen LogP contribution is -2.03. The minimum Gasteiger partial charge on any atom is -0.481 e. The molecule has 0 amide bonds. The third kappa shape index (κ3) is 3.91. The number of carboxylic acids is 1. The van der Waals surface area contributed by atoms with Crippen LogP contribution in [-0.4, -0.2) is 29.1 Å². The summed E-state index contributed by atoms with van der Waals surface area (Å²) in [6.07, 6.45) is 2.38. The average Bonchev–Trinajstić information content (AvgIpc) is 2.37. The van der Waals surface area contributed by atoms with Crippen molar-refractivity contribution in [1.82, 2.24) is 0 Å². The number of hydrogen-bond acceptors (Lipinski definition) is 5. The van der Waals surface area contributed by atoms with Crippen molar-refractivity contribution in [2.75, 3.05) is 7.11 Å². The number of esters is 1. The maximum absolute atomic E-state index is 11.3. The minimum absolute atomic E-state index is 0.0598. The zero-order valence-corrected chi connectivity index (χ0v) is 10.0. The fourth-order valence-electron chi connectivity index (χ4n) is 1.37. The molecule has 0 spiro atoms. The van der Waals surface area contributed by atoms with Crippen molar-refractivity contribution in [3.05, 3.63) is 45.5 Å². The number of nitro benzene ring substituents is 1. The number of aliphatic carboxylic acids is 1. The molecule has 0 aliphatic rings. The van der Waals surface area contributed by atoms with E-state index in [0.29, 0.717) is 0 Å². The van der Waals surface area contributed by atoms with E-state index < -0.39 is 16.9 Å². The number of nitro groups is 1. The Labute approximate surface area is 108 Å². The third-order valence-corrected chi connectivity index (χ3v) is 2.24. The Balaban J connectivity index is 3.12. The second kappa shape index (κ2) is 6.29. The van der Waals surface area contributed by atoms with Crippen LogP contribution < -0.4 is 0 Å². The van der Waals surface area contributed by atoms with Gasteiger partial charge in [-0.05, 0) is 12.1 Å². The number of nitrogens with zero attached hydrogens (tertiary/aromatic N) is 1. The smallest absolute Gasteiger partial charge is 0.338 e. The number of benzene rings is 1. The summed E-state index contributed by atoms with van der Waals surface area (Å²) in [4.78, 5) is 31.8. The van der Waals surface area contributed by atoms with Crippen molar-refractivity contribution in [2.45, 2.75) is 6.42 Å². The van der Waals surface area contributed by atoms with Gasteiger partial charge in [-0.2, -0.15) is 0 Å². The molecule has 0 aliphatic heterocycles. The monoisotopic (exact) mass is 265 g/mol. The van der Waals surface area contributed by atoms with E-state index in [2.05, 4.69) is 4.74 Å². The fourth-order valence-corrected chi connectivity index (χ4v) is 1.37. The predicted molar refractivity (Wildman–Crippen MR) is 65.7 cm³/mol. The first kappa shape index (κ1) is 14.4. The van der Waals surface area contributed by atoms with Crippen LogP contribution in [0.4, 0.5) is 5.69 Å². The summed E-state index contributed by atoms with van der Waals surface area (Å²) < 4.78 is 4.47. The van der Waals surface area contributed by atoms with Gasteiger partial charge in [-0.3, -0.25) is 14.9 Å². The van der Waals surface area contributed by atoms with Crippen molar-refractivity contribution < 1.29 is 24.4 Å². The fraction of sp³-hybridized carbons (Fsp3) is 0.167. The largest absolute Gasteiger partial charge is 0.481 e. The molecular weight excluding hydrogens is 254 g/mol. The van der Waals surface area contributed by atoms with E-state index in [0.717, 1.165) is 6.07 Å². The van der Waals surface area contributed by atoms with Crippen LogP contribution in [0.1, 0.15) is 22.3 Å². The van der Waals surface area contributed by atoms with Gasteiger partial charge in [0.15, 0.2) is 0 Å². The highest BCUT2D eigenvalue weighted by Crippen LogP contribution is 2.22. The van der Waals surface area contributed by atoms with E-state index in [-0.39, 0.29) is 23.2 Å². The second-order valence-electron chi connectivity index (χ2n) is 3.52. The van der Waals surface area contributed by atoms with Crippen LogP contribution in [0.15, 0.2) is 24.3 Å². The Morgan fingerprint density at radius 1 is 1.47 bits per heavy atom. The molecule has 0 aliphatic carbocycles. The number of ether oxygens (including phenoxy) is 1. The van der Waals surface area contributed by atoms with Crippen molar-refractivity contribution in [3.8, 4) is 0 Å². The standard InChI is InChI=1S/C12H11NO6/c1-19-12(16)9-6-5-8(3-2-4-11(14)15)10(7-9)13(17)18/h2-3,5-7H,4H2,1H3,(H,14,15). The maximum Gasteiger partial charge on any atom is 0.338 e. The first-order valence-corrected chi connectivity index (χ1v) is 5.20. The number of carbonyl (C=O) groups excluding carboxylic acids is 1. The molecule has 7 nitrogen and oxygen atoms in total. The Morgan fingerprint density at radius 3 is 2.68 bits per heavy atom. The van der Waals surface area contributed by atoms with Crippen LogP contribution in [0.3, 0.4) is 0 Å². The molecule has 1 N–H and O–H groups in total. The average molecular weight is 265 g/mol. The highest BCUT2D eigenvalue weighted by molar-refractivity contribution is 5.90. The minimum atomic E-state index is -1.04. The van der Waals surface area contributed by atoms with Gasteiger partial charge in [-0.15, -0.1) is 0 Å². The lowest BCUT2D eigenvalue weighted by molar-refractivity contribution is -0.385. The Kier molecular flexibility index (Phi) is 4.76. The Hall–Kier alpha value is -2.70.